The quantitative estimate of drug-likeness (QED) is 0.232. The molecule has 0 saturated heterocycles. The summed E-state index contributed by atoms with van der Waals surface area (Å²) >= 11 is 0. The molecule has 2 rings (SSSR count). The van der Waals surface area contributed by atoms with Crippen molar-refractivity contribution in [2.24, 2.45) is 4.99 Å². The van der Waals surface area contributed by atoms with E-state index in [1.54, 1.807) is 19.2 Å². The normalized spacial score (nSPS) is 14.9. The number of halogens is 3. The topological polar surface area (TPSA) is 54.9 Å². The molecular formula is C19H30F2IN3O2. The minimum absolute atomic E-state index is 0. The number of aliphatic imine (C=N–C) groups is 1. The molecule has 0 atom stereocenters. The Labute approximate surface area is 177 Å². The van der Waals surface area contributed by atoms with Gasteiger partial charge < -0.3 is 20.1 Å². The summed E-state index contributed by atoms with van der Waals surface area (Å²) in [6.07, 6.45) is 6.22. The second-order valence-electron chi connectivity index (χ2n) is 6.47. The van der Waals surface area contributed by atoms with E-state index in [-0.39, 0.29) is 29.7 Å². The molecule has 1 aromatic carbocycles. The molecule has 154 valence electrons. The molecule has 0 radical (unpaired) electrons. The number of benzene rings is 1. The molecule has 1 aromatic rings. The molecule has 0 aromatic heterocycles. The molecule has 27 heavy (non-hydrogen) atoms. The fourth-order valence-corrected chi connectivity index (χ4v) is 3.04. The summed E-state index contributed by atoms with van der Waals surface area (Å²) in [5.74, 6) is 0.800. The largest absolute Gasteiger partial charge is 0.434 e. The van der Waals surface area contributed by atoms with Crippen LogP contribution in [0.2, 0.25) is 0 Å². The molecule has 5 nitrogen and oxygen atoms in total. The van der Waals surface area contributed by atoms with Crippen molar-refractivity contribution in [2.45, 2.75) is 58.3 Å². The summed E-state index contributed by atoms with van der Waals surface area (Å²) in [5.41, 5.74) is 1.65. The lowest BCUT2D eigenvalue weighted by Crippen LogP contribution is -2.37. The van der Waals surface area contributed by atoms with Crippen LogP contribution >= 0.6 is 24.0 Å². The summed E-state index contributed by atoms with van der Waals surface area (Å²) in [6, 6.07) is 5.14. The summed E-state index contributed by atoms with van der Waals surface area (Å²) in [4.78, 5) is 4.16. The second-order valence-corrected chi connectivity index (χ2v) is 6.47. The van der Waals surface area contributed by atoms with Crippen molar-refractivity contribution >= 4 is 29.9 Å². The van der Waals surface area contributed by atoms with E-state index in [9.17, 15) is 8.78 Å². The van der Waals surface area contributed by atoms with E-state index in [0.717, 1.165) is 25.1 Å². The molecule has 1 fully saturated rings. The highest BCUT2D eigenvalue weighted by atomic mass is 127. The standard InChI is InChI=1S/C19H29F2N3O2.HI/c1-14-8-9-17(26-18(20)21)15(12-14)13-24-19(22-2)23-10-5-11-25-16-6-3-4-7-16;/h8-9,12,16,18H,3-7,10-11,13H2,1-2H3,(H2,22,23,24);1H. The number of ether oxygens (including phenoxy) is 2. The van der Waals surface area contributed by atoms with Gasteiger partial charge in [-0.1, -0.05) is 30.5 Å². The fraction of sp³-hybridized carbons (Fsp3) is 0.632. The van der Waals surface area contributed by atoms with Crippen molar-refractivity contribution in [2.75, 3.05) is 20.2 Å². The van der Waals surface area contributed by atoms with Crippen LogP contribution in [0.25, 0.3) is 0 Å². The molecule has 1 aliphatic rings. The molecule has 0 heterocycles. The number of hydrogen-bond acceptors (Lipinski definition) is 3. The van der Waals surface area contributed by atoms with Gasteiger partial charge in [0.15, 0.2) is 5.96 Å². The predicted octanol–water partition coefficient (Wildman–Crippen LogP) is 4.23. The number of hydrogen-bond donors (Lipinski definition) is 2. The van der Waals surface area contributed by atoms with Gasteiger partial charge in [-0.25, -0.2) is 0 Å². The van der Waals surface area contributed by atoms with Gasteiger partial charge in [-0.05, 0) is 32.3 Å². The van der Waals surface area contributed by atoms with Gasteiger partial charge in [-0.3, -0.25) is 4.99 Å². The lowest BCUT2D eigenvalue weighted by Gasteiger charge is -2.15. The average molecular weight is 497 g/mol. The van der Waals surface area contributed by atoms with Gasteiger partial charge in [0.05, 0.1) is 6.10 Å². The second kappa shape index (κ2) is 13.1. The van der Waals surface area contributed by atoms with Crippen LogP contribution in [-0.4, -0.2) is 38.9 Å². The Morgan fingerprint density at radius 3 is 2.67 bits per heavy atom. The van der Waals surface area contributed by atoms with Crippen LogP contribution in [0, 0.1) is 6.92 Å². The molecule has 2 N–H and O–H groups in total. The summed E-state index contributed by atoms with van der Waals surface area (Å²) in [5, 5.41) is 6.34. The average Bonchev–Trinajstić information content (AvgIpc) is 3.12. The number of aryl methyl sites for hydroxylation is 1. The number of nitrogens with one attached hydrogen (secondary N) is 2. The van der Waals surface area contributed by atoms with Crippen LogP contribution in [0.15, 0.2) is 23.2 Å². The van der Waals surface area contributed by atoms with E-state index in [1.807, 2.05) is 13.0 Å². The van der Waals surface area contributed by atoms with Crippen molar-refractivity contribution < 1.29 is 18.3 Å². The Hall–Kier alpha value is -1.16. The smallest absolute Gasteiger partial charge is 0.387 e. The Balaban J connectivity index is 0.00000364. The molecule has 1 aliphatic carbocycles. The third kappa shape index (κ3) is 9.05. The minimum Gasteiger partial charge on any atom is -0.434 e. The molecular weight excluding hydrogens is 467 g/mol. The van der Waals surface area contributed by atoms with Crippen molar-refractivity contribution in [3.05, 3.63) is 29.3 Å². The van der Waals surface area contributed by atoms with Crippen LogP contribution in [0.1, 0.15) is 43.2 Å². The number of nitrogens with zero attached hydrogens (tertiary/aromatic N) is 1. The van der Waals surface area contributed by atoms with Crippen LogP contribution in [0.4, 0.5) is 8.78 Å². The summed E-state index contributed by atoms with van der Waals surface area (Å²) < 4.78 is 35.5. The molecule has 0 bridgehead atoms. The van der Waals surface area contributed by atoms with Gasteiger partial charge in [-0.2, -0.15) is 8.78 Å². The summed E-state index contributed by atoms with van der Waals surface area (Å²) in [6.45, 7) is 0.892. The maximum absolute atomic E-state index is 12.5. The van der Waals surface area contributed by atoms with E-state index < -0.39 is 6.61 Å². The zero-order chi connectivity index (χ0) is 18.8. The lowest BCUT2D eigenvalue weighted by atomic mass is 10.1. The first-order chi connectivity index (χ1) is 12.6. The van der Waals surface area contributed by atoms with Crippen LogP contribution in [0.3, 0.4) is 0 Å². The first-order valence-corrected chi connectivity index (χ1v) is 9.19. The highest BCUT2D eigenvalue weighted by Gasteiger charge is 2.14. The third-order valence-electron chi connectivity index (χ3n) is 4.37. The minimum atomic E-state index is -2.84. The van der Waals surface area contributed by atoms with Crippen LogP contribution in [0.5, 0.6) is 5.75 Å². The van der Waals surface area contributed by atoms with Crippen molar-refractivity contribution in [1.82, 2.24) is 10.6 Å². The molecule has 0 unspecified atom stereocenters. The van der Waals surface area contributed by atoms with Crippen molar-refractivity contribution in [3.63, 3.8) is 0 Å². The Bertz CT molecular complexity index is 582. The van der Waals surface area contributed by atoms with E-state index in [2.05, 4.69) is 20.4 Å². The SMILES string of the molecule is CN=C(NCCCOC1CCCC1)NCc1cc(C)ccc1OC(F)F.I. The number of rotatable bonds is 9. The number of guanidine groups is 1. The highest BCUT2D eigenvalue weighted by Crippen LogP contribution is 2.22. The zero-order valence-corrected chi connectivity index (χ0v) is 18.3. The summed E-state index contributed by atoms with van der Waals surface area (Å²) in [7, 11) is 1.68. The van der Waals surface area contributed by atoms with Gasteiger partial charge in [-0.15, -0.1) is 24.0 Å². The van der Waals surface area contributed by atoms with E-state index in [4.69, 9.17) is 4.74 Å². The van der Waals surface area contributed by atoms with E-state index >= 15 is 0 Å². The van der Waals surface area contributed by atoms with Gasteiger partial charge in [0.1, 0.15) is 5.75 Å². The molecule has 0 spiro atoms. The maximum atomic E-state index is 12.5. The van der Waals surface area contributed by atoms with Gasteiger partial charge in [0, 0.05) is 32.3 Å². The molecule has 0 aliphatic heterocycles. The van der Waals surface area contributed by atoms with E-state index in [0.29, 0.717) is 24.2 Å². The number of alkyl halides is 2. The van der Waals surface area contributed by atoms with Gasteiger partial charge in [0.2, 0.25) is 0 Å². The van der Waals surface area contributed by atoms with Gasteiger partial charge >= 0.3 is 6.61 Å². The molecule has 1 saturated carbocycles. The fourth-order valence-electron chi connectivity index (χ4n) is 3.04. The third-order valence-corrected chi connectivity index (χ3v) is 4.37. The Kier molecular flexibility index (Phi) is 11.6. The van der Waals surface area contributed by atoms with Crippen molar-refractivity contribution in [3.8, 4) is 5.75 Å². The Morgan fingerprint density at radius 1 is 1.26 bits per heavy atom. The molecule has 0 amide bonds. The first-order valence-electron chi connectivity index (χ1n) is 9.19. The Morgan fingerprint density at radius 2 is 2.00 bits per heavy atom. The maximum Gasteiger partial charge on any atom is 0.387 e. The van der Waals surface area contributed by atoms with Crippen LogP contribution < -0.4 is 15.4 Å². The van der Waals surface area contributed by atoms with E-state index in [1.165, 1.54) is 25.7 Å². The highest BCUT2D eigenvalue weighted by molar-refractivity contribution is 14.0. The van der Waals surface area contributed by atoms with Crippen molar-refractivity contribution in [1.29, 1.82) is 0 Å². The monoisotopic (exact) mass is 497 g/mol. The lowest BCUT2D eigenvalue weighted by molar-refractivity contribution is -0.0504. The molecule has 8 heteroatoms. The van der Waals surface area contributed by atoms with Crippen LogP contribution in [-0.2, 0) is 11.3 Å². The van der Waals surface area contributed by atoms with Gasteiger partial charge in [0.25, 0.3) is 0 Å². The first kappa shape index (κ1) is 23.9. The zero-order valence-electron chi connectivity index (χ0n) is 16.0. The predicted molar refractivity (Wildman–Crippen MR) is 114 cm³/mol.